The summed E-state index contributed by atoms with van der Waals surface area (Å²) in [5, 5.41) is 8.36. The van der Waals surface area contributed by atoms with Crippen LogP contribution in [0.2, 0.25) is 0 Å². The fraction of sp³-hybridized carbons (Fsp3) is 0.192. The highest BCUT2D eigenvalue weighted by Gasteiger charge is 2.33. The van der Waals surface area contributed by atoms with Gasteiger partial charge in [0.25, 0.3) is 5.91 Å². The number of hydrogen-bond acceptors (Lipinski definition) is 4. The summed E-state index contributed by atoms with van der Waals surface area (Å²) < 4.78 is 5.87. The molecule has 1 saturated carbocycles. The van der Waals surface area contributed by atoms with E-state index in [1.165, 1.54) is 0 Å². The molecule has 1 amide bonds. The molecule has 5 heteroatoms. The van der Waals surface area contributed by atoms with E-state index in [-0.39, 0.29) is 5.91 Å². The molecule has 0 radical (unpaired) electrons. The number of aromatic nitrogens is 2. The number of carbonyl (C=O) groups is 1. The standard InChI is InChI=1S/C26H23N3O2/c1-18-6-5-9-22(16-18)25-28-27-24(31-25)20-10-12-21(13-11-20)26(30)29(23-14-15-23)17-19-7-3-2-4-8-19/h2-13,16,23H,14-15,17H2,1H3. The molecule has 0 aliphatic heterocycles. The van der Waals surface area contributed by atoms with Crippen LogP contribution in [-0.2, 0) is 6.54 Å². The van der Waals surface area contributed by atoms with Gasteiger partial charge in [-0.15, -0.1) is 10.2 Å². The predicted molar refractivity (Wildman–Crippen MR) is 119 cm³/mol. The van der Waals surface area contributed by atoms with Crippen molar-refractivity contribution in [3.05, 3.63) is 95.6 Å². The molecule has 1 aliphatic carbocycles. The van der Waals surface area contributed by atoms with Gasteiger partial charge in [0.15, 0.2) is 0 Å². The van der Waals surface area contributed by atoms with E-state index in [1.807, 2.05) is 78.6 Å². The molecule has 31 heavy (non-hydrogen) atoms. The first kappa shape index (κ1) is 19.2. The maximum Gasteiger partial charge on any atom is 0.254 e. The molecule has 3 aromatic carbocycles. The van der Waals surface area contributed by atoms with Gasteiger partial charge < -0.3 is 9.32 Å². The quantitative estimate of drug-likeness (QED) is 0.421. The summed E-state index contributed by atoms with van der Waals surface area (Å²) >= 11 is 0. The summed E-state index contributed by atoms with van der Waals surface area (Å²) in [5.41, 5.74) is 4.64. The van der Waals surface area contributed by atoms with Gasteiger partial charge in [0.2, 0.25) is 11.8 Å². The van der Waals surface area contributed by atoms with E-state index in [9.17, 15) is 4.79 Å². The molecule has 0 spiro atoms. The van der Waals surface area contributed by atoms with Gasteiger partial charge >= 0.3 is 0 Å². The third-order valence-electron chi connectivity index (χ3n) is 5.51. The minimum absolute atomic E-state index is 0.0591. The molecule has 1 aliphatic rings. The van der Waals surface area contributed by atoms with Crippen molar-refractivity contribution in [1.82, 2.24) is 15.1 Å². The zero-order chi connectivity index (χ0) is 21.2. The van der Waals surface area contributed by atoms with Crippen LogP contribution >= 0.6 is 0 Å². The van der Waals surface area contributed by atoms with Crippen LogP contribution < -0.4 is 0 Å². The molecular weight excluding hydrogens is 386 g/mol. The van der Waals surface area contributed by atoms with Gasteiger partial charge in [-0.3, -0.25) is 4.79 Å². The van der Waals surface area contributed by atoms with Crippen LogP contribution in [-0.4, -0.2) is 27.0 Å². The zero-order valence-corrected chi connectivity index (χ0v) is 17.4. The summed E-state index contributed by atoms with van der Waals surface area (Å²) in [6.07, 6.45) is 2.14. The Balaban J connectivity index is 1.34. The first-order valence-electron chi connectivity index (χ1n) is 10.5. The van der Waals surface area contributed by atoms with Crippen LogP contribution in [0.5, 0.6) is 0 Å². The third kappa shape index (κ3) is 4.26. The largest absolute Gasteiger partial charge is 0.416 e. The second-order valence-corrected chi connectivity index (χ2v) is 8.01. The average molecular weight is 409 g/mol. The van der Waals surface area contributed by atoms with Crippen molar-refractivity contribution in [2.75, 3.05) is 0 Å². The summed E-state index contributed by atoms with van der Waals surface area (Å²) in [6.45, 7) is 2.66. The number of amides is 1. The summed E-state index contributed by atoms with van der Waals surface area (Å²) in [5.74, 6) is 0.990. The molecule has 0 saturated heterocycles. The Morgan fingerprint density at radius 1 is 0.903 bits per heavy atom. The highest BCUT2D eigenvalue weighted by molar-refractivity contribution is 5.95. The molecule has 1 aromatic heterocycles. The number of carbonyl (C=O) groups excluding carboxylic acids is 1. The van der Waals surface area contributed by atoms with Crippen molar-refractivity contribution in [3.8, 4) is 22.9 Å². The molecule has 0 atom stereocenters. The number of aryl methyl sites for hydroxylation is 1. The van der Waals surface area contributed by atoms with Crippen molar-refractivity contribution in [1.29, 1.82) is 0 Å². The van der Waals surface area contributed by atoms with Gasteiger partial charge in [0, 0.05) is 29.3 Å². The lowest BCUT2D eigenvalue weighted by Gasteiger charge is -2.22. The van der Waals surface area contributed by atoms with Crippen LogP contribution in [0.15, 0.2) is 83.3 Å². The van der Waals surface area contributed by atoms with Gasteiger partial charge in [-0.25, -0.2) is 0 Å². The average Bonchev–Trinajstić information content (AvgIpc) is 3.53. The molecular formula is C26H23N3O2. The van der Waals surface area contributed by atoms with Crippen LogP contribution in [0.4, 0.5) is 0 Å². The van der Waals surface area contributed by atoms with E-state index in [1.54, 1.807) is 0 Å². The Hall–Kier alpha value is -3.73. The lowest BCUT2D eigenvalue weighted by atomic mass is 10.1. The Bertz CT molecular complexity index is 1190. The third-order valence-corrected chi connectivity index (χ3v) is 5.51. The van der Waals surface area contributed by atoms with Crippen LogP contribution in [0.25, 0.3) is 22.9 Å². The summed E-state index contributed by atoms with van der Waals surface area (Å²) in [4.78, 5) is 15.2. The van der Waals surface area contributed by atoms with E-state index in [0.717, 1.165) is 35.1 Å². The number of nitrogens with zero attached hydrogens (tertiary/aromatic N) is 3. The Labute approximate surface area is 181 Å². The summed E-state index contributed by atoms with van der Waals surface area (Å²) in [6, 6.07) is 25.8. The van der Waals surface area contributed by atoms with E-state index in [0.29, 0.717) is 29.9 Å². The van der Waals surface area contributed by atoms with Crippen molar-refractivity contribution >= 4 is 5.91 Å². The van der Waals surface area contributed by atoms with Crippen molar-refractivity contribution in [3.63, 3.8) is 0 Å². The number of hydrogen-bond donors (Lipinski definition) is 0. The van der Waals surface area contributed by atoms with Gasteiger partial charge in [-0.1, -0.05) is 48.0 Å². The first-order valence-corrected chi connectivity index (χ1v) is 10.5. The van der Waals surface area contributed by atoms with E-state index < -0.39 is 0 Å². The van der Waals surface area contributed by atoms with E-state index in [4.69, 9.17) is 4.42 Å². The number of rotatable bonds is 6. The highest BCUT2D eigenvalue weighted by Crippen LogP contribution is 2.30. The molecule has 5 nitrogen and oxygen atoms in total. The Morgan fingerprint density at radius 3 is 2.29 bits per heavy atom. The molecule has 5 rings (SSSR count). The van der Waals surface area contributed by atoms with Crippen molar-refractivity contribution < 1.29 is 9.21 Å². The smallest absolute Gasteiger partial charge is 0.254 e. The van der Waals surface area contributed by atoms with Gasteiger partial charge in [-0.2, -0.15) is 0 Å². The maximum absolute atomic E-state index is 13.2. The van der Waals surface area contributed by atoms with E-state index >= 15 is 0 Å². The van der Waals surface area contributed by atoms with Gasteiger partial charge in [-0.05, 0) is 61.7 Å². The van der Waals surface area contributed by atoms with Crippen LogP contribution in [0, 0.1) is 6.92 Å². The minimum atomic E-state index is 0.0591. The second-order valence-electron chi connectivity index (χ2n) is 8.01. The minimum Gasteiger partial charge on any atom is -0.416 e. The van der Waals surface area contributed by atoms with Crippen LogP contribution in [0.1, 0.15) is 34.3 Å². The molecule has 1 heterocycles. The molecule has 0 unspecified atom stereocenters. The van der Waals surface area contributed by atoms with Crippen LogP contribution in [0.3, 0.4) is 0 Å². The normalized spacial score (nSPS) is 13.2. The highest BCUT2D eigenvalue weighted by atomic mass is 16.4. The fourth-order valence-corrected chi connectivity index (χ4v) is 3.69. The Morgan fingerprint density at radius 2 is 1.61 bits per heavy atom. The molecule has 1 fully saturated rings. The molecule has 4 aromatic rings. The second kappa shape index (κ2) is 8.19. The molecule has 154 valence electrons. The first-order chi connectivity index (χ1) is 15.2. The lowest BCUT2D eigenvalue weighted by molar-refractivity contribution is 0.0730. The fourth-order valence-electron chi connectivity index (χ4n) is 3.69. The van der Waals surface area contributed by atoms with E-state index in [2.05, 4.69) is 22.3 Å². The Kier molecular flexibility index (Phi) is 5.08. The topological polar surface area (TPSA) is 59.2 Å². The monoisotopic (exact) mass is 409 g/mol. The molecule has 0 N–H and O–H groups in total. The van der Waals surface area contributed by atoms with Gasteiger partial charge in [0.05, 0.1) is 0 Å². The van der Waals surface area contributed by atoms with Crippen molar-refractivity contribution in [2.45, 2.75) is 32.4 Å². The lowest BCUT2D eigenvalue weighted by Crippen LogP contribution is -2.32. The number of benzene rings is 3. The van der Waals surface area contributed by atoms with Crippen molar-refractivity contribution in [2.24, 2.45) is 0 Å². The zero-order valence-electron chi connectivity index (χ0n) is 17.4. The molecule has 0 bridgehead atoms. The summed E-state index contributed by atoms with van der Waals surface area (Å²) in [7, 11) is 0. The van der Waals surface area contributed by atoms with Gasteiger partial charge in [0.1, 0.15) is 0 Å². The maximum atomic E-state index is 13.2. The SMILES string of the molecule is Cc1cccc(-c2nnc(-c3ccc(C(=O)N(Cc4ccccc4)C4CC4)cc3)o2)c1. The predicted octanol–water partition coefficient (Wildman–Crippen LogP) is 5.52.